The lowest BCUT2D eigenvalue weighted by Crippen LogP contribution is -2.53. The first kappa shape index (κ1) is 19.3. The van der Waals surface area contributed by atoms with E-state index < -0.39 is 16.4 Å². The molecule has 0 unspecified atom stereocenters. The maximum Gasteiger partial charge on any atom is 0.322 e. The molecule has 0 spiro atoms. The topological polar surface area (TPSA) is 116 Å². The van der Waals surface area contributed by atoms with E-state index in [-0.39, 0.29) is 36.0 Å². The molecule has 0 fully saturated rings. The molecule has 9 heteroatoms. The van der Waals surface area contributed by atoms with Gasteiger partial charge in [-0.3, -0.25) is 19.6 Å². The highest BCUT2D eigenvalue weighted by molar-refractivity contribution is 5.97. The largest absolute Gasteiger partial charge is 0.344 e. The average molecular weight is 320 g/mol. The number of hydrogen-bond donors (Lipinski definition) is 2. The number of amides is 1. The molecule has 3 N–H and O–H groups in total. The van der Waals surface area contributed by atoms with E-state index >= 15 is 0 Å². The molecule has 1 aromatic rings. The number of nitrogens with zero attached hydrogens (tertiary/aromatic N) is 3. The van der Waals surface area contributed by atoms with Crippen LogP contribution in [0.25, 0.3) is 0 Å². The van der Waals surface area contributed by atoms with Crippen molar-refractivity contribution in [3.8, 4) is 0 Å². The van der Waals surface area contributed by atoms with Crippen LogP contribution >= 0.6 is 12.4 Å². The summed E-state index contributed by atoms with van der Waals surface area (Å²) >= 11 is 0. The second-order valence-corrected chi connectivity index (χ2v) is 4.81. The summed E-state index contributed by atoms with van der Waals surface area (Å²) < 4.78 is 1.23. The molecular weight excluding hydrogens is 298 g/mol. The van der Waals surface area contributed by atoms with Crippen LogP contribution in [0.5, 0.6) is 0 Å². The van der Waals surface area contributed by atoms with Crippen LogP contribution in [0.15, 0.2) is 0 Å². The highest BCUT2D eigenvalue weighted by Crippen LogP contribution is 2.23. The maximum atomic E-state index is 12.4. The number of carbonyl (C=O) groups excluding carboxylic acids is 1. The number of hydrogen-bond acceptors (Lipinski definition) is 5. The van der Waals surface area contributed by atoms with Crippen LogP contribution < -0.4 is 11.1 Å². The summed E-state index contributed by atoms with van der Waals surface area (Å²) in [5, 5.41) is 17.8. The third kappa shape index (κ3) is 3.70. The van der Waals surface area contributed by atoms with E-state index in [4.69, 9.17) is 5.73 Å². The maximum absolute atomic E-state index is 12.4. The van der Waals surface area contributed by atoms with Crippen molar-refractivity contribution in [1.29, 1.82) is 0 Å². The molecule has 0 aromatic carbocycles. The number of nitro groups is 1. The summed E-state index contributed by atoms with van der Waals surface area (Å²) in [6.07, 6.45) is 1.30. The third-order valence-electron chi connectivity index (χ3n) is 3.71. The van der Waals surface area contributed by atoms with Gasteiger partial charge in [0.05, 0.1) is 10.5 Å². The Hall–Kier alpha value is -1.67. The van der Waals surface area contributed by atoms with Crippen molar-refractivity contribution in [2.75, 3.05) is 6.54 Å². The molecule has 1 amide bonds. The minimum Gasteiger partial charge on any atom is -0.344 e. The Balaban J connectivity index is 0.00000400. The van der Waals surface area contributed by atoms with Crippen molar-refractivity contribution in [3.63, 3.8) is 0 Å². The quantitative estimate of drug-likeness (QED) is 0.605. The van der Waals surface area contributed by atoms with Crippen LogP contribution in [0.2, 0.25) is 0 Å². The van der Waals surface area contributed by atoms with Gasteiger partial charge in [0.25, 0.3) is 5.91 Å². The minimum atomic E-state index is -0.584. The van der Waals surface area contributed by atoms with Crippen molar-refractivity contribution in [3.05, 3.63) is 21.5 Å². The van der Waals surface area contributed by atoms with E-state index in [1.807, 2.05) is 13.8 Å². The van der Waals surface area contributed by atoms with E-state index in [1.165, 1.54) is 18.7 Å². The number of aryl methyl sites for hydroxylation is 2. The molecule has 0 atom stereocenters. The fraction of sp³-hybridized carbons (Fsp3) is 0.667. The van der Waals surface area contributed by atoms with Gasteiger partial charge in [0, 0.05) is 13.6 Å². The second kappa shape index (κ2) is 7.37. The van der Waals surface area contributed by atoms with Crippen molar-refractivity contribution < 1.29 is 9.72 Å². The first-order chi connectivity index (χ1) is 9.31. The highest BCUT2D eigenvalue weighted by atomic mass is 35.5. The van der Waals surface area contributed by atoms with Crippen molar-refractivity contribution >= 4 is 24.0 Å². The lowest BCUT2D eigenvalue weighted by Gasteiger charge is -2.31. The smallest absolute Gasteiger partial charge is 0.322 e. The van der Waals surface area contributed by atoms with Crippen LogP contribution in [0.1, 0.15) is 42.9 Å². The van der Waals surface area contributed by atoms with Gasteiger partial charge in [-0.1, -0.05) is 13.8 Å². The minimum absolute atomic E-state index is 0. The van der Waals surface area contributed by atoms with Gasteiger partial charge in [0.2, 0.25) is 5.69 Å². The second-order valence-electron chi connectivity index (χ2n) is 4.81. The Kier molecular flexibility index (Phi) is 6.78. The van der Waals surface area contributed by atoms with Gasteiger partial charge >= 0.3 is 5.69 Å². The number of nitrogens with two attached hydrogens (primary N) is 1. The average Bonchev–Trinajstić information content (AvgIpc) is 2.71. The van der Waals surface area contributed by atoms with Gasteiger partial charge in [0.15, 0.2) is 0 Å². The Bertz CT molecular complexity index is 517. The Morgan fingerprint density at radius 1 is 1.48 bits per heavy atom. The lowest BCUT2D eigenvalue weighted by molar-refractivity contribution is -0.385. The number of halogens is 1. The normalized spacial score (nSPS) is 10.9. The molecule has 120 valence electrons. The summed E-state index contributed by atoms with van der Waals surface area (Å²) in [6, 6.07) is 0. The molecule has 1 aromatic heterocycles. The van der Waals surface area contributed by atoms with E-state index in [0.29, 0.717) is 12.8 Å². The van der Waals surface area contributed by atoms with Crippen molar-refractivity contribution in [2.45, 2.75) is 39.2 Å². The zero-order valence-electron chi connectivity index (χ0n) is 12.7. The Labute approximate surface area is 129 Å². The highest BCUT2D eigenvalue weighted by Gasteiger charge is 2.34. The van der Waals surface area contributed by atoms with E-state index in [9.17, 15) is 14.9 Å². The SMILES string of the molecule is CCC(CC)(CN)NC(=O)c1c([N+](=O)[O-])c(C)nn1C.Cl. The van der Waals surface area contributed by atoms with E-state index in [2.05, 4.69) is 10.4 Å². The molecule has 8 nitrogen and oxygen atoms in total. The van der Waals surface area contributed by atoms with Crippen molar-refractivity contribution in [2.24, 2.45) is 12.8 Å². The number of aromatic nitrogens is 2. The predicted octanol–water partition coefficient (Wildman–Crippen LogP) is 1.31. The van der Waals surface area contributed by atoms with Gasteiger partial charge in [0.1, 0.15) is 5.69 Å². The van der Waals surface area contributed by atoms with Crippen LogP contribution in [-0.4, -0.2) is 32.7 Å². The zero-order valence-corrected chi connectivity index (χ0v) is 13.5. The van der Waals surface area contributed by atoms with Crippen LogP contribution in [0.4, 0.5) is 5.69 Å². The first-order valence-electron chi connectivity index (χ1n) is 6.52. The summed E-state index contributed by atoms with van der Waals surface area (Å²) in [4.78, 5) is 22.9. The summed E-state index contributed by atoms with van der Waals surface area (Å²) in [7, 11) is 1.51. The molecular formula is C12H22ClN5O3. The Morgan fingerprint density at radius 2 is 2.00 bits per heavy atom. The van der Waals surface area contributed by atoms with Gasteiger partial charge in [-0.25, -0.2) is 0 Å². The van der Waals surface area contributed by atoms with Crippen LogP contribution in [0, 0.1) is 17.0 Å². The number of nitrogens with one attached hydrogen (secondary N) is 1. The zero-order chi connectivity index (χ0) is 15.5. The molecule has 0 aliphatic rings. The third-order valence-corrected chi connectivity index (χ3v) is 3.71. The van der Waals surface area contributed by atoms with Crippen molar-refractivity contribution in [1.82, 2.24) is 15.1 Å². The fourth-order valence-electron chi connectivity index (χ4n) is 2.19. The number of rotatable bonds is 6. The molecule has 0 saturated carbocycles. The van der Waals surface area contributed by atoms with Crippen LogP contribution in [0.3, 0.4) is 0 Å². The standard InChI is InChI=1S/C12H21N5O3.ClH/c1-5-12(6-2,7-13)14-11(18)10-9(17(19)20)8(3)15-16(10)4;/h5-7,13H2,1-4H3,(H,14,18);1H. The Morgan fingerprint density at radius 3 is 2.38 bits per heavy atom. The molecule has 0 saturated heterocycles. The molecule has 0 bridgehead atoms. The van der Waals surface area contributed by atoms with E-state index in [0.717, 1.165) is 0 Å². The summed E-state index contributed by atoms with van der Waals surface area (Å²) in [5.41, 5.74) is 5.08. The van der Waals surface area contributed by atoms with Gasteiger partial charge in [-0.05, 0) is 19.8 Å². The summed E-state index contributed by atoms with van der Waals surface area (Å²) in [6.45, 7) is 5.61. The fourth-order valence-corrected chi connectivity index (χ4v) is 2.19. The van der Waals surface area contributed by atoms with Crippen LogP contribution in [-0.2, 0) is 7.05 Å². The molecule has 0 radical (unpaired) electrons. The predicted molar refractivity (Wildman–Crippen MR) is 81.7 cm³/mol. The summed E-state index contributed by atoms with van der Waals surface area (Å²) in [5.74, 6) is -0.519. The molecule has 0 aliphatic carbocycles. The molecule has 1 rings (SSSR count). The van der Waals surface area contributed by atoms with Gasteiger partial charge in [-0.15, -0.1) is 12.4 Å². The van der Waals surface area contributed by atoms with E-state index in [1.54, 1.807) is 0 Å². The molecule has 21 heavy (non-hydrogen) atoms. The lowest BCUT2D eigenvalue weighted by atomic mass is 9.92. The van der Waals surface area contributed by atoms with Gasteiger partial charge < -0.3 is 11.1 Å². The molecule has 0 aliphatic heterocycles. The molecule has 1 heterocycles. The van der Waals surface area contributed by atoms with Gasteiger partial charge in [-0.2, -0.15) is 5.10 Å². The first-order valence-corrected chi connectivity index (χ1v) is 6.52. The monoisotopic (exact) mass is 319 g/mol. The number of carbonyl (C=O) groups is 1.